The van der Waals surface area contributed by atoms with E-state index in [4.69, 9.17) is 18.0 Å². The van der Waals surface area contributed by atoms with Gasteiger partial charge in [-0.15, -0.1) is 0 Å². The van der Waals surface area contributed by atoms with Gasteiger partial charge in [-0.25, -0.2) is 4.39 Å². The molecular weight excluding hydrogens is 435 g/mol. The molecule has 33 heavy (non-hydrogen) atoms. The van der Waals surface area contributed by atoms with Crippen LogP contribution in [-0.2, 0) is 6.42 Å². The number of nitrogens with two attached hydrogens (primary N) is 1. The van der Waals surface area contributed by atoms with Gasteiger partial charge in [0.1, 0.15) is 5.82 Å². The summed E-state index contributed by atoms with van der Waals surface area (Å²) in [6, 6.07) is 14.6. The van der Waals surface area contributed by atoms with Crippen LogP contribution in [0.15, 0.2) is 47.6 Å². The lowest BCUT2D eigenvalue weighted by Crippen LogP contribution is -2.32. The number of hydrazone groups is 1. The van der Waals surface area contributed by atoms with Crippen molar-refractivity contribution in [2.24, 2.45) is 16.8 Å². The van der Waals surface area contributed by atoms with Crippen LogP contribution in [-0.4, -0.2) is 62.5 Å². The zero-order valence-electron chi connectivity index (χ0n) is 19.4. The van der Waals surface area contributed by atoms with Crippen LogP contribution in [0.3, 0.4) is 0 Å². The molecule has 176 valence electrons. The van der Waals surface area contributed by atoms with E-state index >= 15 is 4.39 Å². The predicted molar refractivity (Wildman–Crippen MR) is 139 cm³/mol. The topological polar surface area (TPSA) is 60.1 Å². The maximum atomic E-state index is 15.3. The number of rotatable bonds is 7. The van der Waals surface area contributed by atoms with Gasteiger partial charge < -0.3 is 20.4 Å². The number of nitrogens with zero attached hydrogens (tertiary/aromatic N) is 4. The third-order valence-electron chi connectivity index (χ3n) is 6.70. The van der Waals surface area contributed by atoms with E-state index in [1.54, 1.807) is 12.3 Å². The van der Waals surface area contributed by atoms with E-state index < -0.39 is 0 Å². The highest BCUT2D eigenvalue weighted by atomic mass is 32.1. The van der Waals surface area contributed by atoms with Crippen LogP contribution in [0.1, 0.15) is 24.0 Å². The molecule has 0 aliphatic carbocycles. The summed E-state index contributed by atoms with van der Waals surface area (Å²) in [5.41, 5.74) is 11.8. The second kappa shape index (κ2) is 10.5. The molecule has 2 aliphatic rings. The molecule has 0 radical (unpaired) electrons. The van der Waals surface area contributed by atoms with Crippen molar-refractivity contribution >= 4 is 34.9 Å². The quantitative estimate of drug-likeness (QED) is 0.370. The Morgan fingerprint density at radius 1 is 1.15 bits per heavy atom. The van der Waals surface area contributed by atoms with Crippen LogP contribution in [0.25, 0.3) is 0 Å². The number of halogens is 1. The highest BCUT2D eigenvalue weighted by Gasteiger charge is 2.29. The molecule has 0 aromatic heterocycles. The number of likely N-dealkylation sites (N-methyl/N-ethyl adjacent to an activating group) is 1. The molecule has 6 nitrogen and oxygen atoms in total. The number of hydrogen-bond acceptors (Lipinski definition) is 5. The highest BCUT2D eigenvalue weighted by molar-refractivity contribution is 7.80. The second-order valence-corrected chi connectivity index (χ2v) is 9.68. The molecule has 2 atom stereocenters. The monoisotopic (exact) mass is 468 g/mol. The van der Waals surface area contributed by atoms with Crippen LogP contribution < -0.4 is 21.0 Å². The van der Waals surface area contributed by atoms with Gasteiger partial charge in [0.05, 0.1) is 11.9 Å². The van der Waals surface area contributed by atoms with Crippen LogP contribution in [0, 0.1) is 11.7 Å². The van der Waals surface area contributed by atoms with Crippen molar-refractivity contribution in [2.75, 3.05) is 50.1 Å². The van der Waals surface area contributed by atoms with Gasteiger partial charge in [0.2, 0.25) is 0 Å². The number of hydrogen-bond donors (Lipinski definition) is 2. The van der Waals surface area contributed by atoms with Gasteiger partial charge >= 0.3 is 0 Å². The molecule has 0 saturated carbocycles. The van der Waals surface area contributed by atoms with Crippen LogP contribution in [0.5, 0.6) is 0 Å². The van der Waals surface area contributed by atoms with Gasteiger partial charge in [-0.3, -0.25) is 5.43 Å². The molecule has 0 spiro atoms. The number of thiocarbonyl (C=S) groups is 1. The zero-order valence-corrected chi connectivity index (χ0v) is 20.2. The van der Waals surface area contributed by atoms with E-state index in [0.717, 1.165) is 56.7 Å². The third kappa shape index (κ3) is 5.81. The van der Waals surface area contributed by atoms with Crippen molar-refractivity contribution in [3.05, 3.63) is 59.4 Å². The highest BCUT2D eigenvalue weighted by Crippen LogP contribution is 2.35. The predicted octanol–water partition coefficient (Wildman–Crippen LogP) is 3.20. The Kier molecular flexibility index (Phi) is 7.45. The van der Waals surface area contributed by atoms with Crippen molar-refractivity contribution < 1.29 is 4.39 Å². The molecule has 2 aromatic rings. The molecule has 0 amide bonds. The first kappa shape index (κ1) is 23.4. The summed E-state index contributed by atoms with van der Waals surface area (Å²) in [5.74, 6) is 0.301. The SMILES string of the molecule is CN(C)[C@@H]1CCN(c2cc(N3CCC(Cc4ccccc4)C3)c(F)cc2C=NNC(N)=S)C1. The number of benzene rings is 2. The molecule has 3 N–H and O–H groups in total. The molecule has 2 aromatic carbocycles. The number of nitrogens with one attached hydrogen (secondary N) is 1. The standard InChI is InChI=1S/C25H33FN6S/c1-30(2)21-9-11-32(17-21)23-14-24(22(26)13-20(23)15-28-29-25(27)33)31-10-8-19(16-31)12-18-6-4-3-5-7-18/h3-7,13-15,19,21H,8-12,16-17H2,1-2H3,(H3,27,29,33)/t19?,21-/m1/s1. The van der Waals surface area contributed by atoms with Crippen LogP contribution >= 0.6 is 12.2 Å². The Morgan fingerprint density at radius 3 is 2.58 bits per heavy atom. The van der Waals surface area contributed by atoms with Crippen molar-refractivity contribution in [2.45, 2.75) is 25.3 Å². The Labute approximate surface area is 201 Å². The molecule has 1 unspecified atom stereocenters. The van der Waals surface area contributed by atoms with Crippen molar-refractivity contribution in [3.63, 3.8) is 0 Å². The molecule has 2 fully saturated rings. The first-order valence-electron chi connectivity index (χ1n) is 11.5. The van der Waals surface area contributed by atoms with Crippen LogP contribution in [0.2, 0.25) is 0 Å². The molecule has 4 rings (SSSR count). The summed E-state index contributed by atoms with van der Waals surface area (Å²) in [7, 11) is 4.21. The van der Waals surface area contributed by atoms with E-state index in [1.165, 1.54) is 5.56 Å². The minimum atomic E-state index is -0.223. The Hall–Kier alpha value is -2.71. The summed E-state index contributed by atoms with van der Waals surface area (Å²) in [4.78, 5) is 6.77. The van der Waals surface area contributed by atoms with Crippen LogP contribution in [0.4, 0.5) is 15.8 Å². The molecule has 2 heterocycles. The van der Waals surface area contributed by atoms with Gasteiger partial charge in [0.25, 0.3) is 0 Å². The van der Waals surface area contributed by atoms with E-state index in [-0.39, 0.29) is 10.9 Å². The van der Waals surface area contributed by atoms with E-state index in [9.17, 15) is 0 Å². The smallest absolute Gasteiger partial charge is 0.184 e. The maximum absolute atomic E-state index is 15.3. The van der Waals surface area contributed by atoms with Crippen molar-refractivity contribution in [3.8, 4) is 0 Å². The molecule has 0 bridgehead atoms. The fraction of sp³-hybridized carbons (Fsp3) is 0.440. The van der Waals surface area contributed by atoms with Gasteiger partial charge in [-0.2, -0.15) is 5.10 Å². The molecule has 2 saturated heterocycles. The zero-order chi connectivity index (χ0) is 23.4. The van der Waals surface area contributed by atoms with Crippen molar-refractivity contribution in [1.29, 1.82) is 0 Å². The van der Waals surface area contributed by atoms with Gasteiger partial charge in [-0.05, 0) is 69.2 Å². The minimum absolute atomic E-state index is 0.0836. The fourth-order valence-corrected chi connectivity index (χ4v) is 4.95. The Morgan fingerprint density at radius 2 is 1.88 bits per heavy atom. The normalized spacial score (nSPS) is 20.8. The lowest BCUT2D eigenvalue weighted by atomic mass is 9.99. The summed E-state index contributed by atoms with van der Waals surface area (Å²) >= 11 is 4.83. The summed E-state index contributed by atoms with van der Waals surface area (Å²) in [6.45, 7) is 3.55. The van der Waals surface area contributed by atoms with Gasteiger partial charge in [-0.1, -0.05) is 30.3 Å². The Bertz CT molecular complexity index is 996. The van der Waals surface area contributed by atoms with Gasteiger partial charge in [0.15, 0.2) is 5.11 Å². The van der Waals surface area contributed by atoms with Gasteiger partial charge in [0, 0.05) is 43.5 Å². The average molecular weight is 469 g/mol. The van der Waals surface area contributed by atoms with Crippen molar-refractivity contribution in [1.82, 2.24) is 10.3 Å². The molecule has 2 aliphatic heterocycles. The summed E-state index contributed by atoms with van der Waals surface area (Å²) in [6.07, 6.45) is 4.77. The largest absolute Gasteiger partial charge is 0.375 e. The number of anilines is 2. The lowest BCUT2D eigenvalue weighted by molar-refractivity contribution is 0.315. The maximum Gasteiger partial charge on any atom is 0.184 e. The fourth-order valence-electron chi connectivity index (χ4n) is 4.90. The second-order valence-electron chi connectivity index (χ2n) is 9.24. The van der Waals surface area contributed by atoms with E-state index in [0.29, 0.717) is 17.6 Å². The molecular formula is C25H33FN6S. The van der Waals surface area contributed by atoms with E-state index in [2.05, 4.69) is 63.6 Å². The first-order chi connectivity index (χ1) is 15.9. The summed E-state index contributed by atoms with van der Waals surface area (Å²) < 4.78 is 15.3. The summed E-state index contributed by atoms with van der Waals surface area (Å²) in [5, 5.41) is 4.18. The lowest BCUT2D eigenvalue weighted by Gasteiger charge is -2.26. The average Bonchev–Trinajstić information content (AvgIpc) is 3.45. The minimum Gasteiger partial charge on any atom is -0.375 e. The third-order valence-corrected chi connectivity index (χ3v) is 6.79. The van der Waals surface area contributed by atoms with E-state index in [1.807, 2.05) is 12.1 Å². The Balaban J connectivity index is 1.57. The molecule has 8 heteroatoms. The first-order valence-corrected chi connectivity index (χ1v) is 11.9.